The van der Waals surface area contributed by atoms with Crippen LogP contribution in [0.5, 0.6) is 0 Å². The van der Waals surface area contributed by atoms with Crippen LogP contribution in [0.1, 0.15) is 16.8 Å². The van der Waals surface area contributed by atoms with E-state index in [9.17, 15) is 4.39 Å². The van der Waals surface area contributed by atoms with Crippen molar-refractivity contribution in [3.05, 3.63) is 53.2 Å². The first kappa shape index (κ1) is 17.9. The van der Waals surface area contributed by atoms with Crippen LogP contribution in [0.3, 0.4) is 0 Å². The maximum absolute atomic E-state index is 14.0. The normalized spacial score (nSPS) is 15.7. The molecule has 1 aromatic heterocycles. The summed E-state index contributed by atoms with van der Waals surface area (Å²) in [6.45, 7) is 4.52. The van der Waals surface area contributed by atoms with Crippen LogP contribution in [-0.2, 0) is 13.1 Å². The summed E-state index contributed by atoms with van der Waals surface area (Å²) < 4.78 is 18.9. The van der Waals surface area contributed by atoms with Crippen molar-refractivity contribution in [2.45, 2.75) is 13.1 Å². The highest BCUT2D eigenvalue weighted by Crippen LogP contribution is 2.11. The van der Waals surface area contributed by atoms with E-state index in [1.54, 1.807) is 25.4 Å². The molecule has 1 N–H and O–H groups in total. The second-order valence-electron chi connectivity index (χ2n) is 6.07. The van der Waals surface area contributed by atoms with E-state index in [0.717, 1.165) is 44.4 Å². The molecule has 1 fully saturated rings. The van der Waals surface area contributed by atoms with E-state index in [1.807, 2.05) is 12.1 Å². The molecule has 2 heterocycles. The van der Waals surface area contributed by atoms with Crippen LogP contribution in [-0.4, -0.2) is 54.1 Å². The first-order chi connectivity index (χ1) is 12.7. The number of aliphatic imine (C=N–C) groups is 1. The molecule has 0 amide bonds. The van der Waals surface area contributed by atoms with Gasteiger partial charge < -0.3 is 14.7 Å². The quantitative estimate of drug-likeness (QED) is 0.662. The lowest BCUT2D eigenvalue weighted by molar-refractivity contribution is 0.169. The van der Waals surface area contributed by atoms with Crippen molar-refractivity contribution < 1.29 is 8.91 Å². The van der Waals surface area contributed by atoms with E-state index in [0.29, 0.717) is 17.7 Å². The molecule has 1 aliphatic heterocycles. The van der Waals surface area contributed by atoms with Crippen molar-refractivity contribution >= 4 is 5.96 Å². The molecule has 3 rings (SSSR count). The first-order valence-corrected chi connectivity index (χ1v) is 8.45. The molecular weight excluding hydrogens is 335 g/mol. The number of guanidine groups is 1. The molecule has 0 radical (unpaired) electrons. The average molecular weight is 356 g/mol. The highest BCUT2D eigenvalue weighted by Gasteiger charge is 2.20. The van der Waals surface area contributed by atoms with Crippen molar-refractivity contribution in [2.75, 3.05) is 33.2 Å². The van der Waals surface area contributed by atoms with Crippen molar-refractivity contribution in [1.82, 2.24) is 20.3 Å². The predicted octanol–water partition coefficient (Wildman–Crippen LogP) is 1.58. The number of piperazine rings is 1. The third kappa shape index (κ3) is 4.37. The Kier molecular flexibility index (Phi) is 5.81. The molecule has 1 saturated heterocycles. The molecule has 1 aromatic carbocycles. The van der Waals surface area contributed by atoms with Gasteiger partial charge in [0.1, 0.15) is 12.1 Å². The van der Waals surface area contributed by atoms with Crippen LogP contribution < -0.4 is 5.32 Å². The third-order valence-electron chi connectivity index (χ3n) is 4.38. The maximum Gasteiger partial charge on any atom is 0.194 e. The van der Waals surface area contributed by atoms with Gasteiger partial charge in [0, 0.05) is 57.9 Å². The van der Waals surface area contributed by atoms with Gasteiger partial charge in [-0.15, -0.1) is 0 Å². The lowest BCUT2D eigenvalue weighted by Gasteiger charge is -2.36. The largest absolute Gasteiger partial charge is 0.364 e. The van der Waals surface area contributed by atoms with Gasteiger partial charge >= 0.3 is 0 Å². The number of benzene rings is 1. The van der Waals surface area contributed by atoms with Gasteiger partial charge in [-0.25, -0.2) is 4.39 Å². The molecule has 2 aromatic rings. The van der Waals surface area contributed by atoms with Crippen molar-refractivity contribution in [3.8, 4) is 6.07 Å². The molecule has 136 valence electrons. The molecule has 0 unspecified atom stereocenters. The third-order valence-corrected chi connectivity index (χ3v) is 4.38. The fraction of sp³-hybridized carbons (Fsp3) is 0.389. The van der Waals surface area contributed by atoms with Gasteiger partial charge in [-0.2, -0.15) is 5.26 Å². The number of rotatable bonds is 4. The van der Waals surface area contributed by atoms with Crippen LogP contribution in [0.15, 0.2) is 40.0 Å². The molecule has 0 spiro atoms. The first-order valence-electron chi connectivity index (χ1n) is 8.45. The van der Waals surface area contributed by atoms with E-state index in [1.165, 1.54) is 6.07 Å². The van der Waals surface area contributed by atoms with Gasteiger partial charge in [0.2, 0.25) is 0 Å². The van der Waals surface area contributed by atoms with Gasteiger partial charge in [0.05, 0.1) is 17.3 Å². The zero-order valence-electron chi connectivity index (χ0n) is 14.7. The summed E-state index contributed by atoms with van der Waals surface area (Å²) >= 11 is 0. The zero-order valence-corrected chi connectivity index (χ0v) is 14.7. The standard InChI is InChI=1S/C18H21FN6O/c1-21-18(22-12-15-3-2-14(11-20)10-17(15)19)25-7-5-24(6-8-25)13-16-4-9-26-23-16/h2-4,9-10H,5-8,12-13H2,1H3,(H,21,22). The Hall–Kier alpha value is -2.92. The summed E-state index contributed by atoms with van der Waals surface area (Å²) in [7, 11) is 1.72. The minimum atomic E-state index is -0.385. The number of nitrogens with zero attached hydrogens (tertiary/aromatic N) is 5. The van der Waals surface area contributed by atoms with Gasteiger partial charge in [-0.1, -0.05) is 11.2 Å². The Bertz CT molecular complexity index is 791. The fourth-order valence-corrected chi connectivity index (χ4v) is 2.93. The molecule has 8 heteroatoms. The van der Waals surface area contributed by atoms with E-state index < -0.39 is 0 Å². The second kappa shape index (κ2) is 8.45. The van der Waals surface area contributed by atoms with E-state index >= 15 is 0 Å². The number of nitriles is 1. The Morgan fingerprint density at radius 3 is 2.77 bits per heavy atom. The Balaban J connectivity index is 1.51. The molecule has 0 bridgehead atoms. The highest BCUT2D eigenvalue weighted by molar-refractivity contribution is 5.80. The monoisotopic (exact) mass is 356 g/mol. The molecule has 0 saturated carbocycles. The lowest BCUT2D eigenvalue weighted by Crippen LogP contribution is -2.52. The van der Waals surface area contributed by atoms with Gasteiger partial charge in [-0.05, 0) is 12.1 Å². The smallest absolute Gasteiger partial charge is 0.194 e. The SMILES string of the molecule is CN=C(NCc1ccc(C#N)cc1F)N1CCN(Cc2ccon2)CC1. The summed E-state index contributed by atoms with van der Waals surface area (Å²) in [4.78, 5) is 8.76. The van der Waals surface area contributed by atoms with E-state index in [-0.39, 0.29) is 5.82 Å². The van der Waals surface area contributed by atoms with Crippen LogP contribution >= 0.6 is 0 Å². The van der Waals surface area contributed by atoms with Gasteiger partial charge in [0.15, 0.2) is 5.96 Å². The Morgan fingerprint density at radius 2 is 2.15 bits per heavy atom. The average Bonchev–Trinajstić information content (AvgIpc) is 3.17. The second-order valence-corrected chi connectivity index (χ2v) is 6.07. The Morgan fingerprint density at radius 1 is 1.35 bits per heavy atom. The summed E-state index contributed by atoms with van der Waals surface area (Å²) in [6, 6.07) is 8.31. The van der Waals surface area contributed by atoms with E-state index in [4.69, 9.17) is 9.78 Å². The minimum absolute atomic E-state index is 0.318. The number of hydrogen-bond donors (Lipinski definition) is 1. The van der Waals surface area contributed by atoms with E-state index in [2.05, 4.69) is 25.3 Å². The van der Waals surface area contributed by atoms with Gasteiger partial charge in [-0.3, -0.25) is 9.89 Å². The highest BCUT2D eigenvalue weighted by atomic mass is 19.1. The van der Waals surface area contributed by atoms with Crippen molar-refractivity contribution in [1.29, 1.82) is 5.26 Å². The van der Waals surface area contributed by atoms with Crippen LogP contribution in [0.25, 0.3) is 0 Å². The summed E-state index contributed by atoms with van der Waals surface area (Å²) in [5, 5.41) is 16.0. The minimum Gasteiger partial charge on any atom is -0.364 e. The molecule has 1 aliphatic rings. The van der Waals surface area contributed by atoms with Crippen molar-refractivity contribution in [3.63, 3.8) is 0 Å². The number of halogens is 1. The zero-order chi connectivity index (χ0) is 18.4. The summed E-state index contributed by atoms with van der Waals surface area (Å²) in [5.41, 5.74) is 1.76. The lowest BCUT2D eigenvalue weighted by atomic mass is 10.1. The van der Waals surface area contributed by atoms with Crippen LogP contribution in [0.4, 0.5) is 4.39 Å². The number of hydrogen-bond acceptors (Lipinski definition) is 5. The molecule has 0 aliphatic carbocycles. The van der Waals surface area contributed by atoms with Crippen LogP contribution in [0.2, 0.25) is 0 Å². The topological polar surface area (TPSA) is 80.7 Å². The molecular formula is C18H21FN6O. The van der Waals surface area contributed by atoms with Crippen molar-refractivity contribution in [2.24, 2.45) is 4.99 Å². The number of aromatic nitrogens is 1. The maximum atomic E-state index is 14.0. The summed E-state index contributed by atoms with van der Waals surface area (Å²) in [5.74, 6) is 0.360. The Labute approximate surface area is 151 Å². The molecule has 26 heavy (non-hydrogen) atoms. The predicted molar refractivity (Wildman–Crippen MR) is 94.7 cm³/mol. The van der Waals surface area contributed by atoms with Gasteiger partial charge in [0.25, 0.3) is 0 Å². The summed E-state index contributed by atoms with van der Waals surface area (Å²) in [6.07, 6.45) is 1.58. The molecule has 0 atom stereocenters. The fourth-order valence-electron chi connectivity index (χ4n) is 2.93. The number of nitrogens with one attached hydrogen (secondary N) is 1. The van der Waals surface area contributed by atoms with Crippen LogP contribution in [0, 0.1) is 17.1 Å². The molecule has 7 nitrogen and oxygen atoms in total.